The SMILES string of the molecule is CCCCCCCCCCCCSCCCCCCCCCCCCCCCCCCCCCCCCCCCCCCCCCCCCCCCCCCCCCCCCCCC(=O)N(CC)CCCCCCCCCCC(=O)NC(CCC(=O)O)C(=O)O. The average molecular weight is 1290 g/mol. The maximum absolute atomic E-state index is 12.8. The zero-order chi connectivity index (χ0) is 65.2. The Morgan fingerprint density at radius 2 is 0.533 bits per heavy atom. The van der Waals surface area contributed by atoms with Gasteiger partial charge in [0, 0.05) is 32.4 Å². The zero-order valence-corrected chi connectivity index (χ0v) is 61.6. The highest BCUT2D eigenvalue weighted by Crippen LogP contribution is 2.21. The van der Waals surface area contributed by atoms with Gasteiger partial charge in [-0.05, 0) is 57.0 Å². The van der Waals surface area contributed by atoms with Crippen LogP contribution in [-0.2, 0) is 19.2 Å². The number of thioether (sulfide) groups is 1. The molecule has 3 N–H and O–H groups in total. The molecule has 90 heavy (non-hydrogen) atoms. The molecule has 0 radical (unpaired) electrons. The van der Waals surface area contributed by atoms with Crippen molar-refractivity contribution < 1.29 is 29.4 Å². The van der Waals surface area contributed by atoms with Gasteiger partial charge in [-0.3, -0.25) is 14.4 Å². The number of nitrogens with zero attached hydrogens (tertiary/aromatic N) is 1. The molecule has 0 fully saturated rings. The van der Waals surface area contributed by atoms with Gasteiger partial charge in [0.1, 0.15) is 6.04 Å². The van der Waals surface area contributed by atoms with Gasteiger partial charge in [-0.1, -0.05) is 399 Å². The quantitative estimate of drug-likeness (QED) is 0.0518. The van der Waals surface area contributed by atoms with Gasteiger partial charge < -0.3 is 20.4 Å². The molecular formula is C81H158N2O6S. The van der Waals surface area contributed by atoms with Crippen molar-refractivity contribution in [3.63, 3.8) is 0 Å². The van der Waals surface area contributed by atoms with Crippen molar-refractivity contribution in [2.45, 2.75) is 469 Å². The first kappa shape index (κ1) is 88.2. The summed E-state index contributed by atoms with van der Waals surface area (Å²) in [5.74, 6) is 0.522. The highest BCUT2D eigenvalue weighted by molar-refractivity contribution is 7.99. The van der Waals surface area contributed by atoms with E-state index < -0.39 is 18.0 Å². The van der Waals surface area contributed by atoms with Crippen molar-refractivity contribution in [3.05, 3.63) is 0 Å². The third-order valence-corrected chi connectivity index (χ3v) is 20.8. The van der Waals surface area contributed by atoms with Crippen LogP contribution in [0.3, 0.4) is 0 Å². The molecule has 0 rings (SSSR count). The van der Waals surface area contributed by atoms with Gasteiger partial charge in [0.15, 0.2) is 0 Å². The first-order valence-electron chi connectivity index (χ1n) is 40.9. The minimum absolute atomic E-state index is 0.111. The van der Waals surface area contributed by atoms with Crippen LogP contribution in [-0.4, -0.2) is 69.5 Å². The van der Waals surface area contributed by atoms with Gasteiger partial charge in [0.25, 0.3) is 0 Å². The lowest BCUT2D eigenvalue weighted by Crippen LogP contribution is -2.41. The summed E-state index contributed by atoms with van der Waals surface area (Å²) in [7, 11) is 0. The summed E-state index contributed by atoms with van der Waals surface area (Å²) in [5, 5.41) is 20.4. The van der Waals surface area contributed by atoms with E-state index in [0.717, 1.165) is 64.5 Å². The molecule has 1 unspecified atom stereocenters. The summed E-state index contributed by atoms with van der Waals surface area (Å²) in [6.45, 7) is 6.04. The summed E-state index contributed by atoms with van der Waals surface area (Å²) in [5.41, 5.74) is 0. The number of carboxylic acid groups (broad SMARTS) is 2. The standard InChI is InChI=1S/C81H158N2O6S/c1-3-5-6-7-8-9-53-58-63-68-75-90-76-69-64-59-54-49-47-45-43-41-39-37-35-33-31-29-27-25-23-21-19-17-15-13-11-10-12-14-16-18-20-22-24-26-28-30-32-34-36-38-40-42-44-46-48-50-56-61-66-71-79(85)83(4-2)74-67-62-57-52-51-55-60-65-70-78(84)82-77(81(88)89)72-73-80(86)87/h77H,3-76H2,1-2H3,(H,82,84)(H,86,87)(H,88,89). The predicted molar refractivity (Wildman–Crippen MR) is 396 cm³/mol. The van der Waals surface area contributed by atoms with Crippen LogP contribution in [0.2, 0.25) is 0 Å². The smallest absolute Gasteiger partial charge is 0.326 e. The van der Waals surface area contributed by atoms with Crippen LogP contribution in [0.15, 0.2) is 0 Å². The van der Waals surface area contributed by atoms with E-state index in [-0.39, 0.29) is 25.2 Å². The molecule has 0 bridgehead atoms. The fourth-order valence-electron chi connectivity index (χ4n) is 13.5. The Kier molecular flexibility index (Phi) is 74.8. The van der Waals surface area contributed by atoms with Crippen LogP contribution in [0.1, 0.15) is 463 Å². The molecule has 8 nitrogen and oxygen atoms in total. The predicted octanol–water partition coefficient (Wildman–Crippen LogP) is 26.5. The third kappa shape index (κ3) is 72.1. The van der Waals surface area contributed by atoms with Crippen LogP contribution >= 0.6 is 11.8 Å². The molecule has 9 heteroatoms. The van der Waals surface area contributed by atoms with Gasteiger partial charge in [-0.2, -0.15) is 11.8 Å². The lowest BCUT2D eigenvalue weighted by atomic mass is 10.0. The number of carbonyl (C=O) groups is 4. The van der Waals surface area contributed by atoms with E-state index >= 15 is 0 Å². The van der Waals surface area contributed by atoms with E-state index in [2.05, 4.69) is 30.9 Å². The van der Waals surface area contributed by atoms with E-state index in [1.807, 2.05) is 4.90 Å². The number of hydrogen-bond acceptors (Lipinski definition) is 5. The van der Waals surface area contributed by atoms with Crippen molar-refractivity contribution in [1.29, 1.82) is 0 Å². The molecule has 2 amide bonds. The highest BCUT2D eigenvalue weighted by Gasteiger charge is 2.20. The fourth-order valence-corrected chi connectivity index (χ4v) is 14.5. The first-order chi connectivity index (χ1) is 44.3. The zero-order valence-electron chi connectivity index (χ0n) is 60.8. The molecule has 0 aromatic rings. The Morgan fingerprint density at radius 3 is 0.778 bits per heavy atom. The molecule has 0 spiro atoms. The van der Waals surface area contributed by atoms with Crippen molar-refractivity contribution in [2.24, 2.45) is 0 Å². The molecule has 0 heterocycles. The number of aliphatic carboxylic acids is 2. The monoisotopic (exact) mass is 1290 g/mol. The van der Waals surface area contributed by atoms with Crippen LogP contribution in [0.4, 0.5) is 0 Å². The molecule has 0 aliphatic rings. The highest BCUT2D eigenvalue weighted by atomic mass is 32.2. The number of carboxylic acids is 2. The molecule has 0 aliphatic carbocycles. The van der Waals surface area contributed by atoms with Crippen LogP contribution in [0.25, 0.3) is 0 Å². The second-order valence-corrected chi connectivity index (χ2v) is 29.7. The molecular weight excluding hydrogens is 1130 g/mol. The maximum Gasteiger partial charge on any atom is 0.326 e. The lowest BCUT2D eigenvalue weighted by molar-refractivity contribution is -0.143. The van der Waals surface area contributed by atoms with Gasteiger partial charge >= 0.3 is 11.9 Å². The molecule has 0 aliphatic heterocycles. The Bertz CT molecular complexity index is 1460. The molecule has 1 atom stereocenters. The Balaban J connectivity index is 3.26. The van der Waals surface area contributed by atoms with E-state index in [1.165, 1.54) is 377 Å². The third-order valence-electron chi connectivity index (χ3n) is 19.7. The van der Waals surface area contributed by atoms with Crippen molar-refractivity contribution >= 4 is 35.5 Å². The molecule has 0 saturated carbocycles. The van der Waals surface area contributed by atoms with Crippen molar-refractivity contribution in [1.82, 2.24) is 10.2 Å². The van der Waals surface area contributed by atoms with Gasteiger partial charge in [-0.25, -0.2) is 4.79 Å². The van der Waals surface area contributed by atoms with E-state index in [0.29, 0.717) is 18.7 Å². The summed E-state index contributed by atoms with van der Waals surface area (Å²) < 4.78 is 0. The number of nitrogens with one attached hydrogen (secondary N) is 1. The second-order valence-electron chi connectivity index (χ2n) is 28.5. The van der Waals surface area contributed by atoms with Crippen LogP contribution in [0.5, 0.6) is 0 Å². The number of hydrogen-bond donors (Lipinski definition) is 3. The maximum atomic E-state index is 12.8. The summed E-state index contributed by atoms with van der Waals surface area (Å²) in [6.07, 6.45) is 92.4. The lowest BCUT2D eigenvalue weighted by Gasteiger charge is -2.21. The first-order valence-corrected chi connectivity index (χ1v) is 42.1. The molecule has 534 valence electrons. The fraction of sp³-hybridized carbons (Fsp3) is 0.951. The minimum Gasteiger partial charge on any atom is -0.481 e. The van der Waals surface area contributed by atoms with E-state index in [1.54, 1.807) is 0 Å². The summed E-state index contributed by atoms with van der Waals surface area (Å²) in [4.78, 5) is 48.9. The minimum atomic E-state index is -1.20. The van der Waals surface area contributed by atoms with Crippen LogP contribution in [0, 0.1) is 0 Å². The topological polar surface area (TPSA) is 124 Å². The Labute approximate surface area is 566 Å². The number of carbonyl (C=O) groups excluding carboxylic acids is 2. The molecule has 0 aromatic carbocycles. The molecule has 0 aromatic heterocycles. The van der Waals surface area contributed by atoms with E-state index in [9.17, 15) is 24.3 Å². The van der Waals surface area contributed by atoms with Gasteiger partial charge in [-0.15, -0.1) is 0 Å². The average Bonchev–Trinajstić information content (AvgIpc) is 3.68. The number of rotatable bonds is 79. The summed E-state index contributed by atoms with van der Waals surface area (Å²) in [6, 6.07) is -1.15. The van der Waals surface area contributed by atoms with Crippen molar-refractivity contribution in [3.8, 4) is 0 Å². The largest absolute Gasteiger partial charge is 0.481 e. The number of unbranched alkanes of at least 4 members (excludes halogenated alkanes) is 63. The number of amides is 2. The Hall–Kier alpha value is -1.77. The summed E-state index contributed by atoms with van der Waals surface area (Å²) >= 11 is 2.22. The van der Waals surface area contributed by atoms with E-state index in [4.69, 9.17) is 5.11 Å². The second kappa shape index (κ2) is 76.2. The van der Waals surface area contributed by atoms with Crippen molar-refractivity contribution in [2.75, 3.05) is 24.6 Å². The molecule has 0 saturated heterocycles. The van der Waals surface area contributed by atoms with Gasteiger partial charge in [0.05, 0.1) is 0 Å². The van der Waals surface area contributed by atoms with Gasteiger partial charge in [0.2, 0.25) is 11.8 Å². The Morgan fingerprint density at radius 1 is 0.300 bits per heavy atom. The van der Waals surface area contributed by atoms with Crippen LogP contribution < -0.4 is 5.32 Å². The normalized spacial score (nSPS) is 11.9.